The summed E-state index contributed by atoms with van der Waals surface area (Å²) < 4.78 is 19.5. The molecule has 1 amide bonds. The highest BCUT2D eigenvalue weighted by atomic mass is 19.1. The maximum absolute atomic E-state index is 14.1. The van der Waals surface area contributed by atoms with Gasteiger partial charge in [0.2, 0.25) is 0 Å². The number of ether oxygens (including phenoxy) is 1. The minimum atomic E-state index is -1.41. The molecule has 0 aromatic heterocycles. The second-order valence-electron chi connectivity index (χ2n) is 6.77. The average Bonchev–Trinajstić information content (AvgIpc) is 2.46. The normalized spacial score (nSPS) is 15.8. The molecule has 0 aliphatic carbocycles. The molecule has 1 heterocycles. The lowest BCUT2D eigenvalue weighted by Crippen LogP contribution is -2.48. The largest absolute Gasteiger partial charge is 0.478 e. The van der Waals surface area contributed by atoms with E-state index in [1.54, 1.807) is 20.8 Å². The Morgan fingerprint density at radius 2 is 1.92 bits per heavy atom. The summed E-state index contributed by atoms with van der Waals surface area (Å²) in [6.45, 7) is 6.59. The van der Waals surface area contributed by atoms with Crippen LogP contribution in [-0.2, 0) is 4.74 Å². The highest BCUT2D eigenvalue weighted by molar-refractivity contribution is 6.00. The van der Waals surface area contributed by atoms with Gasteiger partial charge in [-0.15, -0.1) is 0 Å². The molecule has 2 rings (SSSR count). The summed E-state index contributed by atoms with van der Waals surface area (Å²) >= 11 is 0. The molecule has 0 unspecified atom stereocenters. The van der Waals surface area contributed by atoms with Crippen LogP contribution >= 0.6 is 0 Å². The Balaban J connectivity index is 2.48. The van der Waals surface area contributed by atoms with Gasteiger partial charge in [0.1, 0.15) is 17.0 Å². The number of hydrogen-bond donors (Lipinski definition) is 2. The van der Waals surface area contributed by atoms with Crippen molar-refractivity contribution in [3.8, 4) is 0 Å². The molecular weight excluding hydrogens is 315 g/mol. The third-order valence-electron chi connectivity index (χ3n) is 3.73. The van der Waals surface area contributed by atoms with Crippen LogP contribution < -0.4 is 10.2 Å². The lowest BCUT2D eigenvalue weighted by molar-refractivity contribution is 0.0559. The zero-order valence-electron chi connectivity index (χ0n) is 14.1. The van der Waals surface area contributed by atoms with Crippen LogP contribution in [0, 0.1) is 5.82 Å². The molecule has 1 aromatic rings. The number of carbonyl (C=O) groups excluding carboxylic acids is 1. The van der Waals surface area contributed by atoms with Crippen molar-refractivity contribution in [3.63, 3.8) is 0 Å². The van der Waals surface area contributed by atoms with Gasteiger partial charge in [-0.3, -0.25) is 4.90 Å². The van der Waals surface area contributed by atoms with Crippen LogP contribution in [0.1, 0.15) is 44.0 Å². The van der Waals surface area contributed by atoms with Crippen LogP contribution in [-0.4, -0.2) is 41.9 Å². The van der Waals surface area contributed by atoms with E-state index in [4.69, 9.17) is 4.74 Å². The molecular formula is C17H23FN2O4. The minimum Gasteiger partial charge on any atom is -0.478 e. The molecule has 132 valence electrons. The van der Waals surface area contributed by atoms with Gasteiger partial charge < -0.3 is 15.2 Å². The molecule has 24 heavy (non-hydrogen) atoms. The Hall–Kier alpha value is -2.15. The molecule has 1 saturated heterocycles. The first kappa shape index (κ1) is 18.2. The van der Waals surface area contributed by atoms with Crippen molar-refractivity contribution in [1.29, 1.82) is 0 Å². The third-order valence-corrected chi connectivity index (χ3v) is 3.73. The van der Waals surface area contributed by atoms with E-state index < -0.39 is 29.0 Å². The van der Waals surface area contributed by atoms with Gasteiger partial charge in [0, 0.05) is 6.04 Å². The summed E-state index contributed by atoms with van der Waals surface area (Å²) in [5, 5.41) is 12.6. The van der Waals surface area contributed by atoms with E-state index in [1.807, 2.05) is 0 Å². The number of halogens is 1. The first-order valence-electron chi connectivity index (χ1n) is 7.95. The molecule has 1 aromatic carbocycles. The Kier molecular flexibility index (Phi) is 5.43. The maximum Gasteiger partial charge on any atom is 0.415 e. The van der Waals surface area contributed by atoms with Crippen LogP contribution in [0.15, 0.2) is 18.2 Å². The van der Waals surface area contributed by atoms with Gasteiger partial charge in [0.15, 0.2) is 0 Å². The molecule has 7 heteroatoms. The fourth-order valence-electron chi connectivity index (χ4n) is 2.75. The number of carbonyl (C=O) groups is 2. The van der Waals surface area contributed by atoms with Crippen molar-refractivity contribution in [3.05, 3.63) is 29.6 Å². The number of piperidine rings is 1. The summed E-state index contributed by atoms with van der Waals surface area (Å²) in [6.07, 6.45) is 0.603. The SMILES string of the molecule is CC(C)(C)OC(=O)N(c1cccc(F)c1C(=O)O)C1CCNCC1. The number of carboxylic acids is 1. The average molecular weight is 338 g/mol. The first-order valence-corrected chi connectivity index (χ1v) is 7.95. The van der Waals surface area contributed by atoms with Crippen LogP contribution in [0.25, 0.3) is 0 Å². The maximum atomic E-state index is 14.1. The Bertz CT molecular complexity index is 622. The molecule has 0 saturated carbocycles. The summed E-state index contributed by atoms with van der Waals surface area (Å²) in [6, 6.07) is 3.66. The number of rotatable bonds is 3. The highest BCUT2D eigenvalue weighted by Crippen LogP contribution is 2.29. The predicted octanol–water partition coefficient (Wildman–Crippen LogP) is 3.02. The third kappa shape index (κ3) is 4.23. The number of hydrogen-bond acceptors (Lipinski definition) is 4. The van der Waals surface area contributed by atoms with E-state index in [1.165, 1.54) is 17.0 Å². The number of amides is 1. The van der Waals surface area contributed by atoms with E-state index in [9.17, 15) is 19.1 Å². The summed E-state index contributed by atoms with van der Waals surface area (Å²) in [4.78, 5) is 25.5. The molecule has 0 spiro atoms. The number of aromatic carboxylic acids is 1. The fourth-order valence-corrected chi connectivity index (χ4v) is 2.75. The van der Waals surface area contributed by atoms with Crippen LogP contribution in [0.2, 0.25) is 0 Å². The van der Waals surface area contributed by atoms with Crippen molar-refractivity contribution < 1.29 is 23.8 Å². The number of anilines is 1. The van der Waals surface area contributed by atoms with Gasteiger partial charge in [-0.2, -0.15) is 0 Å². The zero-order valence-corrected chi connectivity index (χ0v) is 14.1. The fraction of sp³-hybridized carbons (Fsp3) is 0.529. The smallest absolute Gasteiger partial charge is 0.415 e. The molecule has 0 radical (unpaired) electrons. The molecule has 2 N–H and O–H groups in total. The van der Waals surface area contributed by atoms with Gasteiger partial charge in [-0.05, 0) is 58.8 Å². The zero-order chi connectivity index (χ0) is 17.9. The van der Waals surface area contributed by atoms with Crippen molar-refractivity contribution >= 4 is 17.7 Å². The monoisotopic (exact) mass is 338 g/mol. The lowest BCUT2D eigenvalue weighted by Gasteiger charge is -2.36. The molecule has 1 fully saturated rings. The topological polar surface area (TPSA) is 78.9 Å². The minimum absolute atomic E-state index is 0.0312. The number of nitrogens with one attached hydrogen (secondary N) is 1. The molecule has 0 bridgehead atoms. The van der Waals surface area contributed by atoms with Crippen molar-refractivity contribution in [2.24, 2.45) is 0 Å². The van der Waals surface area contributed by atoms with Crippen LogP contribution in [0.3, 0.4) is 0 Å². The van der Waals surface area contributed by atoms with E-state index in [2.05, 4.69) is 5.32 Å². The Morgan fingerprint density at radius 3 is 2.46 bits per heavy atom. The van der Waals surface area contributed by atoms with Crippen molar-refractivity contribution in [2.75, 3.05) is 18.0 Å². The highest BCUT2D eigenvalue weighted by Gasteiger charge is 2.34. The van der Waals surface area contributed by atoms with Crippen molar-refractivity contribution in [2.45, 2.75) is 45.3 Å². The predicted molar refractivity (Wildman–Crippen MR) is 88.0 cm³/mol. The van der Waals surface area contributed by atoms with E-state index in [0.717, 1.165) is 6.07 Å². The Labute approximate surface area is 140 Å². The van der Waals surface area contributed by atoms with Crippen LogP contribution in [0.5, 0.6) is 0 Å². The summed E-state index contributed by atoms with van der Waals surface area (Å²) in [5.41, 5.74) is -1.22. The number of carboxylic acid groups (broad SMARTS) is 1. The molecule has 0 atom stereocenters. The van der Waals surface area contributed by atoms with Gasteiger partial charge >= 0.3 is 12.1 Å². The standard InChI is InChI=1S/C17H23FN2O4/c1-17(2,3)24-16(23)20(11-7-9-19-10-8-11)13-6-4-5-12(18)14(13)15(21)22/h4-6,11,19H,7-10H2,1-3H3,(H,21,22). The summed E-state index contributed by atoms with van der Waals surface area (Å²) in [5.74, 6) is -2.28. The second kappa shape index (κ2) is 7.17. The van der Waals surface area contributed by atoms with Crippen LogP contribution in [0.4, 0.5) is 14.9 Å². The molecule has 1 aliphatic rings. The Morgan fingerprint density at radius 1 is 1.29 bits per heavy atom. The van der Waals surface area contributed by atoms with Gasteiger partial charge in [-0.25, -0.2) is 14.0 Å². The van der Waals surface area contributed by atoms with Gasteiger partial charge in [-0.1, -0.05) is 6.07 Å². The number of nitrogens with zero attached hydrogens (tertiary/aromatic N) is 1. The first-order chi connectivity index (χ1) is 11.2. The number of benzene rings is 1. The lowest BCUT2D eigenvalue weighted by atomic mass is 10.0. The van der Waals surface area contributed by atoms with E-state index in [0.29, 0.717) is 25.9 Å². The van der Waals surface area contributed by atoms with Crippen molar-refractivity contribution in [1.82, 2.24) is 5.32 Å². The van der Waals surface area contributed by atoms with Gasteiger partial charge in [0.05, 0.1) is 5.69 Å². The van der Waals surface area contributed by atoms with E-state index >= 15 is 0 Å². The second-order valence-corrected chi connectivity index (χ2v) is 6.77. The van der Waals surface area contributed by atoms with Gasteiger partial charge in [0.25, 0.3) is 0 Å². The summed E-state index contributed by atoms with van der Waals surface area (Å²) in [7, 11) is 0. The quantitative estimate of drug-likeness (QED) is 0.886. The molecule has 6 nitrogen and oxygen atoms in total. The van der Waals surface area contributed by atoms with E-state index in [-0.39, 0.29) is 11.7 Å². The molecule has 1 aliphatic heterocycles.